The van der Waals surface area contributed by atoms with Gasteiger partial charge in [-0.15, -0.1) is 0 Å². The van der Waals surface area contributed by atoms with Crippen molar-refractivity contribution in [3.05, 3.63) is 48.4 Å². The monoisotopic (exact) mass is 284 g/mol. The highest BCUT2D eigenvalue weighted by atomic mass is 16.3. The minimum absolute atomic E-state index is 0.170. The van der Waals surface area contributed by atoms with Crippen molar-refractivity contribution in [3.8, 4) is 0 Å². The van der Waals surface area contributed by atoms with Crippen LogP contribution in [0.25, 0.3) is 0 Å². The minimum Gasteiger partial charge on any atom is -0.393 e. The molecule has 0 saturated carbocycles. The van der Waals surface area contributed by atoms with Crippen LogP contribution in [0.3, 0.4) is 0 Å². The van der Waals surface area contributed by atoms with Crippen molar-refractivity contribution < 1.29 is 5.11 Å². The SMILES string of the molecule is OC1CCN(c2ncccc2NCc2cccnc2)CC1. The summed E-state index contributed by atoms with van der Waals surface area (Å²) in [7, 11) is 0. The first-order chi connectivity index (χ1) is 10.3. The molecule has 21 heavy (non-hydrogen) atoms. The molecule has 0 aromatic carbocycles. The topological polar surface area (TPSA) is 61.3 Å². The third kappa shape index (κ3) is 3.49. The molecule has 0 amide bonds. The maximum Gasteiger partial charge on any atom is 0.151 e. The van der Waals surface area contributed by atoms with Gasteiger partial charge in [-0.25, -0.2) is 4.98 Å². The van der Waals surface area contributed by atoms with Gasteiger partial charge >= 0.3 is 0 Å². The van der Waals surface area contributed by atoms with E-state index in [4.69, 9.17) is 0 Å². The molecule has 0 atom stereocenters. The Kier molecular flexibility index (Phi) is 4.31. The molecule has 1 fully saturated rings. The van der Waals surface area contributed by atoms with Crippen LogP contribution in [0.1, 0.15) is 18.4 Å². The average Bonchev–Trinajstić information content (AvgIpc) is 2.55. The highest BCUT2D eigenvalue weighted by Gasteiger charge is 2.20. The predicted molar refractivity (Wildman–Crippen MR) is 83.3 cm³/mol. The number of aliphatic hydroxyl groups is 1. The Balaban J connectivity index is 1.70. The molecule has 1 saturated heterocycles. The lowest BCUT2D eigenvalue weighted by atomic mass is 10.1. The van der Waals surface area contributed by atoms with Crippen molar-refractivity contribution >= 4 is 11.5 Å². The molecule has 110 valence electrons. The Morgan fingerprint density at radius 2 is 2.00 bits per heavy atom. The van der Waals surface area contributed by atoms with Gasteiger partial charge in [-0.1, -0.05) is 6.07 Å². The summed E-state index contributed by atoms with van der Waals surface area (Å²) in [5.74, 6) is 0.966. The zero-order valence-electron chi connectivity index (χ0n) is 11.9. The Labute approximate surface area is 124 Å². The molecular weight excluding hydrogens is 264 g/mol. The van der Waals surface area contributed by atoms with E-state index in [1.807, 2.05) is 36.7 Å². The van der Waals surface area contributed by atoms with Gasteiger partial charge in [0.05, 0.1) is 11.8 Å². The van der Waals surface area contributed by atoms with Crippen molar-refractivity contribution in [2.24, 2.45) is 0 Å². The van der Waals surface area contributed by atoms with Gasteiger partial charge in [0.1, 0.15) is 0 Å². The lowest BCUT2D eigenvalue weighted by Crippen LogP contribution is -2.36. The Bertz CT molecular complexity index is 567. The highest BCUT2D eigenvalue weighted by molar-refractivity contribution is 5.65. The summed E-state index contributed by atoms with van der Waals surface area (Å²) in [5, 5.41) is 13.1. The van der Waals surface area contributed by atoms with E-state index in [0.717, 1.165) is 49.5 Å². The Morgan fingerprint density at radius 3 is 2.76 bits per heavy atom. The first kappa shape index (κ1) is 13.8. The fourth-order valence-corrected chi connectivity index (χ4v) is 2.56. The Hall–Kier alpha value is -2.14. The van der Waals surface area contributed by atoms with Gasteiger partial charge < -0.3 is 15.3 Å². The summed E-state index contributed by atoms with van der Waals surface area (Å²) < 4.78 is 0. The number of pyridine rings is 2. The van der Waals surface area contributed by atoms with E-state index in [0.29, 0.717) is 0 Å². The van der Waals surface area contributed by atoms with Gasteiger partial charge in [0.2, 0.25) is 0 Å². The van der Waals surface area contributed by atoms with Crippen LogP contribution in [0.2, 0.25) is 0 Å². The maximum absolute atomic E-state index is 9.63. The fourth-order valence-electron chi connectivity index (χ4n) is 2.56. The van der Waals surface area contributed by atoms with Gasteiger partial charge in [-0.3, -0.25) is 4.98 Å². The molecule has 5 heteroatoms. The molecule has 2 aromatic heterocycles. The number of piperidine rings is 1. The second kappa shape index (κ2) is 6.54. The van der Waals surface area contributed by atoms with Gasteiger partial charge in [0, 0.05) is 38.2 Å². The van der Waals surface area contributed by atoms with E-state index < -0.39 is 0 Å². The number of rotatable bonds is 4. The molecule has 3 rings (SSSR count). The standard InChI is InChI=1S/C16H20N4O/c21-14-5-9-20(10-6-14)16-15(4-2-8-18-16)19-12-13-3-1-7-17-11-13/h1-4,7-8,11,14,19,21H,5-6,9-10,12H2. The van der Waals surface area contributed by atoms with E-state index in [2.05, 4.69) is 20.2 Å². The van der Waals surface area contributed by atoms with E-state index in [-0.39, 0.29) is 6.10 Å². The lowest BCUT2D eigenvalue weighted by molar-refractivity contribution is 0.145. The third-order valence-corrected chi connectivity index (χ3v) is 3.76. The quantitative estimate of drug-likeness (QED) is 0.900. The summed E-state index contributed by atoms with van der Waals surface area (Å²) in [6.07, 6.45) is 6.89. The first-order valence-corrected chi connectivity index (χ1v) is 7.34. The van der Waals surface area contributed by atoms with Crippen LogP contribution in [0.4, 0.5) is 11.5 Å². The zero-order chi connectivity index (χ0) is 14.5. The average molecular weight is 284 g/mol. The summed E-state index contributed by atoms with van der Waals surface area (Å²) in [5.41, 5.74) is 2.17. The van der Waals surface area contributed by atoms with E-state index in [9.17, 15) is 5.11 Å². The molecule has 0 bridgehead atoms. The molecule has 0 spiro atoms. The molecule has 3 heterocycles. The second-order valence-corrected chi connectivity index (χ2v) is 5.31. The molecule has 5 nitrogen and oxygen atoms in total. The van der Waals surface area contributed by atoms with Crippen molar-refractivity contribution in [3.63, 3.8) is 0 Å². The van der Waals surface area contributed by atoms with Crippen LogP contribution in [0, 0.1) is 0 Å². The number of hydrogen-bond acceptors (Lipinski definition) is 5. The van der Waals surface area contributed by atoms with E-state index in [1.165, 1.54) is 0 Å². The predicted octanol–water partition coefficient (Wildman–Crippen LogP) is 2.05. The Morgan fingerprint density at radius 1 is 1.19 bits per heavy atom. The molecule has 2 aromatic rings. The first-order valence-electron chi connectivity index (χ1n) is 7.34. The summed E-state index contributed by atoms with van der Waals surface area (Å²) in [4.78, 5) is 10.9. The van der Waals surface area contributed by atoms with Gasteiger partial charge in [-0.05, 0) is 36.6 Å². The van der Waals surface area contributed by atoms with E-state index in [1.54, 1.807) is 6.20 Å². The number of aliphatic hydroxyl groups excluding tert-OH is 1. The smallest absolute Gasteiger partial charge is 0.151 e. The molecule has 2 N–H and O–H groups in total. The van der Waals surface area contributed by atoms with Gasteiger partial charge in [0.25, 0.3) is 0 Å². The van der Waals surface area contributed by atoms with Crippen LogP contribution in [-0.2, 0) is 6.54 Å². The van der Waals surface area contributed by atoms with Gasteiger partial charge in [0.15, 0.2) is 5.82 Å². The van der Waals surface area contributed by atoms with Crippen LogP contribution < -0.4 is 10.2 Å². The summed E-state index contributed by atoms with van der Waals surface area (Å²) in [6.45, 7) is 2.42. The largest absolute Gasteiger partial charge is 0.393 e. The third-order valence-electron chi connectivity index (χ3n) is 3.76. The number of aromatic nitrogens is 2. The van der Waals surface area contributed by atoms with Crippen molar-refractivity contribution in [1.82, 2.24) is 9.97 Å². The highest BCUT2D eigenvalue weighted by Crippen LogP contribution is 2.26. The van der Waals surface area contributed by atoms with Crippen LogP contribution in [-0.4, -0.2) is 34.3 Å². The van der Waals surface area contributed by atoms with E-state index >= 15 is 0 Å². The molecular formula is C16H20N4O. The normalized spacial score (nSPS) is 16.0. The zero-order valence-corrected chi connectivity index (χ0v) is 11.9. The van der Waals surface area contributed by atoms with Gasteiger partial charge in [-0.2, -0.15) is 0 Å². The van der Waals surface area contributed by atoms with Crippen LogP contribution in [0.5, 0.6) is 0 Å². The minimum atomic E-state index is -0.170. The number of nitrogens with one attached hydrogen (secondary N) is 1. The summed E-state index contributed by atoms with van der Waals surface area (Å²) >= 11 is 0. The fraction of sp³-hybridized carbons (Fsp3) is 0.375. The van der Waals surface area contributed by atoms with Crippen molar-refractivity contribution in [2.45, 2.75) is 25.5 Å². The maximum atomic E-state index is 9.63. The van der Waals surface area contributed by atoms with Crippen LogP contribution in [0.15, 0.2) is 42.9 Å². The lowest BCUT2D eigenvalue weighted by Gasteiger charge is -2.31. The number of anilines is 2. The summed E-state index contributed by atoms with van der Waals surface area (Å²) in [6, 6.07) is 7.97. The molecule has 1 aliphatic heterocycles. The van der Waals surface area contributed by atoms with Crippen molar-refractivity contribution in [2.75, 3.05) is 23.3 Å². The number of hydrogen-bond donors (Lipinski definition) is 2. The number of nitrogens with zero attached hydrogens (tertiary/aromatic N) is 3. The molecule has 0 unspecified atom stereocenters. The van der Waals surface area contributed by atoms with Crippen molar-refractivity contribution in [1.29, 1.82) is 0 Å². The van der Waals surface area contributed by atoms with Crippen LogP contribution >= 0.6 is 0 Å². The molecule has 0 radical (unpaired) electrons. The molecule has 1 aliphatic rings. The second-order valence-electron chi connectivity index (χ2n) is 5.31. The molecule has 0 aliphatic carbocycles.